The Morgan fingerprint density at radius 1 is 1.07 bits per heavy atom. The Bertz CT molecular complexity index is 1100. The standard InChI is InChI=1S/C19H18FN7/c1-26(2)10-14-9-16-25-17(12-3-5-13(20)6-4-12)18(27(16)11-23-14)15-7-8-22-19(21)24-15/h3-9,11H,10H2,1-2H3,(H2,21,22,24). The maximum absolute atomic E-state index is 13.4. The minimum atomic E-state index is -0.301. The van der Waals surface area contributed by atoms with Crippen LogP contribution < -0.4 is 5.73 Å². The van der Waals surface area contributed by atoms with Crippen LogP contribution in [0.15, 0.2) is 48.9 Å². The van der Waals surface area contributed by atoms with E-state index in [-0.39, 0.29) is 11.8 Å². The van der Waals surface area contributed by atoms with Gasteiger partial charge in [0.25, 0.3) is 0 Å². The molecule has 0 bridgehead atoms. The molecular formula is C19H18FN7. The van der Waals surface area contributed by atoms with Crippen molar-refractivity contribution in [3.63, 3.8) is 0 Å². The van der Waals surface area contributed by atoms with Crippen LogP contribution >= 0.6 is 0 Å². The van der Waals surface area contributed by atoms with E-state index in [1.54, 1.807) is 30.7 Å². The number of aromatic nitrogens is 5. The summed E-state index contributed by atoms with van der Waals surface area (Å²) in [5.74, 6) is -0.130. The molecule has 0 aliphatic heterocycles. The first-order valence-electron chi connectivity index (χ1n) is 8.38. The normalized spacial score (nSPS) is 11.4. The number of anilines is 1. The van der Waals surface area contributed by atoms with Crippen LogP contribution in [0.1, 0.15) is 5.69 Å². The molecule has 136 valence electrons. The first kappa shape index (κ1) is 17.0. The van der Waals surface area contributed by atoms with Crippen molar-refractivity contribution in [2.45, 2.75) is 6.54 Å². The van der Waals surface area contributed by atoms with E-state index in [1.165, 1.54) is 12.1 Å². The van der Waals surface area contributed by atoms with Crippen molar-refractivity contribution >= 4 is 11.6 Å². The maximum atomic E-state index is 13.4. The van der Waals surface area contributed by atoms with E-state index in [4.69, 9.17) is 10.7 Å². The van der Waals surface area contributed by atoms with Crippen molar-refractivity contribution in [3.8, 4) is 22.6 Å². The number of hydrogen-bond donors (Lipinski definition) is 1. The summed E-state index contributed by atoms with van der Waals surface area (Å²) in [5.41, 5.74) is 10.2. The second-order valence-electron chi connectivity index (χ2n) is 6.46. The molecule has 0 fully saturated rings. The molecule has 7 nitrogen and oxygen atoms in total. The predicted molar refractivity (Wildman–Crippen MR) is 101 cm³/mol. The van der Waals surface area contributed by atoms with E-state index < -0.39 is 0 Å². The molecule has 0 aliphatic rings. The van der Waals surface area contributed by atoms with Gasteiger partial charge in [-0.3, -0.25) is 4.40 Å². The van der Waals surface area contributed by atoms with Crippen molar-refractivity contribution in [1.82, 2.24) is 29.2 Å². The molecule has 0 aliphatic carbocycles. The van der Waals surface area contributed by atoms with E-state index in [9.17, 15) is 4.39 Å². The van der Waals surface area contributed by atoms with Crippen molar-refractivity contribution in [2.75, 3.05) is 19.8 Å². The molecule has 0 atom stereocenters. The highest BCUT2D eigenvalue weighted by Crippen LogP contribution is 2.32. The first-order chi connectivity index (χ1) is 13.0. The van der Waals surface area contributed by atoms with Crippen molar-refractivity contribution in [3.05, 3.63) is 60.4 Å². The van der Waals surface area contributed by atoms with Crippen molar-refractivity contribution < 1.29 is 4.39 Å². The third-order valence-corrected chi connectivity index (χ3v) is 4.09. The number of nitrogens with two attached hydrogens (primary N) is 1. The van der Waals surface area contributed by atoms with E-state index in [2.05, 4.69) is 15.0 Å². The topological polar surface area (TPSA) is 85.2 Å². The molecule has 0 radical (unpaired) electrons. The molecule has 1 aromatic carbocycles. The van der Waals surface area contributed by atoms with Gasteiger partial charge < -0.3 is 10.6 Å². The van der Waals surface area contributed by atoms with Gasteiger partial charge in [-0.05, 0) is 44.4 Å². The second-order valence-corrected chi connectivity index (χ2v) is 6.46. The van der Waals surface area contributed by atoms with Crippen LogP contribution in [0.2, 0.25) is 0 Å². The Morgan fingerprint density at radius 3 is 2.56 bits per heavy atom. The zero-order valence-electron chi connectivity index (χ0n) is 15.0. The van der Waals surface area contributed by atoms with Gasteiger partial charge in [-0.1, -0.05) is 0 Å². The monoisotopic (exact) mass is 363 g/mol. The molecule has 2 N–H and O–H groups in total. The summed E-state index contributed by atoms with van der Waals surface area (Å²) in [6, 6.07) is 9.90. The molecule has 8 heteroatoms. The summed E-state index contributed by atoms with van der Waals surface area (Å²) < 4.78 is 15.2. The molecule has 27 heavy (non-hydrogen) atoms. The lowest BCUT2D eigenvalue weighted by atomic mass is 10.1. The van der Waals surface area contributed by atoms with E-state index in [0.717, 1.165) is 22.6 Å². The molecule has 0 amide bonds. The third-order valence-electron chi connectivity index (χ3n) is 4.09. The number of imidazole rings is 1. The average Bonchev–Trinajstić information content (AvgIpc) is 3.00. The summed E-state index contributed by atoms with van der Waals surface area (Å²) in [7, 11) is 3.97. The minimum Gasteiger partial charge on any atom is -0.368 e. The molecular weight excluding hydrogens is 345 g/mol. The Kier molecular flexibility index (Phi) is 4.25. The van der Waals surface area contributed by atoms with Gasteiger partial charge in [-0.2, -0.15) is 0 Å². The van der Waals surface area contributed by atoms with Crippen LogP contribution in [-0.2, 0) is 6.54 Å². The van der Waals surface area contributed by atoms with Crippen molar-refractivity contribution in [1.29, 1.82) is 0 Å². The van der Waals surface area contributed by atoms with Crippen LogP contribution in [0, 0.1) is 5.82 Å². The van der Waals surface area contributed by atoms with Gasteiger partial charge in [-0.25, -0.2) is 24.3 Å². The summed E-state index contributed by atoms with van der Waals surface area (Å²) in [4.78, 5) is 19.6. The van der Waals surface area contributed by atoms with Crippen LogP contribution in [0.3, 0.4) is 0 Å². The van der Waals surface area contributed by atoms with Gasteiger partial charge in [0.05, 0.1) is 17.1 Å². The number of halogens is 1. The fourth-order valence-electron chi connectivity index (χ4n) is 2.96. The maximum Gasteiger partial charge on any atom is 0.220 e. The zero-order valence-corrected chi connectivity index (χ0v) is 15.0. The Hall–Kier alpha value is -3.39. The second kappa shape index (κ2) is 6.73. The summed E-state index contributed by atoms with van der Waals surface area (Å²) in [6.07, 6.45) is 3.32. The zero-order chi connectivity index (χ0) is 19.0. The Morgan fingerprint density at radius 2 is 1.85 bits per heavy atom. The quantitative estimate of drug-likeness (QED) is 0.600. The lowest BCUT2D eigenvalue weighted by Gasteiger charge is -2.09. The van der Waals surface area contributed by atoms with Crippen LogP contribution in [0.5, 0.6) is 0 Å². The molecule has 0 unspecified atom stereocenters. The molecule has 3 heterocycles. The summed E-state index contributed by atoms with van der Waals surface area (Å²) in [5, 5.41) is 0. The molecule has 3 aromatic heterocycles. The molecule has 0 spiro atoms. The van der Waals surface area contributed by atoms with E-state index in [1.807, 2.05) is 29.5 Å². The summed E-state index contributed by atoms with van der Waals surface area (Å²) >= 11 is 0. The highest BCUT2D eigenvalue weighted by atomic mass is 19.1. The van der Waals surface area contributed by atoms with Crippen molar-refractivity contribution in [2.24, 2.45) is 0 Å². The number of nitrogen functional groups attached to an aromatic ring is 1. The molecule has 4 aromatic rings. The molecule has 0 saturated heterocycles. The number of rotatable bonds is 4. The van der Waals surface area contributed by atoms with E-state index in [0.29, 0.717) is 17.9 Å². The largest absolute Gasteiger partial charge is 0.368 e. The lowest BCUT2D eigenvalue weighted by molar-refractivity contribution is 0.396. The predicted octanol–water partition coefficient (Wildman–Crippen LogP) is 2.64. The fourth-order valence-corrected chi connectivity index (χ4v) is 2.96. The van der Waals surface area contributed by atoms with Gasteiger partial charge >= 0.3 is 0 Å². The van der Waals surface area contributed by atoms with Crippen LogP contribution in [-0.4, -0.2) is 43.3 Å². The van der Waals surface area contributed by atoms with Crippen LogP contribution in [0.4, 0.5) is 10.3 Å². The van der Waals surface area contributed by atoms with Crippen LogP contribution in [0.25, 0.3) is 28.3 Å². The van der Waals surface area contributed by atoms with Gasteiger partial charge in [0, 0.05) is 24.4 Å². The number of hydrogen-bond acceptors (Lipinski definition) is 6. The van der Waals surface area contributed by atoms with Gasteiger partial charge in [-0.15, -0.1) is 0 Å². The summed E-state index contributed by atoms with van der Waals surface area (Å²) in [6.45, 7) is 0.699. The fraction of sp³-hybridized carbons (Fsp3) is 0.158. The van der Waals surface area contributed by atoms with Gasteiger partial charge in [0.1, 0.15) is 23.5 Å². The number of nitrogens with zero attached hydrogens (tertiary/aromatic N) is 6. The SMILES string of the molecule is CN(C)Cc1cc2nc(-c3ccc(F)cc3)c(-c3ccnc(N)n3)n2cn1. The van der Waals surface area contributed by atoms with Gasteiger partial charge in [0.2, 0.25) is 5.95 Å². The number of benzene rings is 1. The Labute approximate surface area is 155 Å². The highest BCUT2D eigenvalue weighted by molar-refractivity contribution is 5.80. The molecule has 4 rings (SSSR count). The first-order valence-corrected chi connectivity index (χ1v) is 8.38. The smallest absolute Gasteiger partial charge is 0.220 e. The highest BCUT2D eigenvalue weighted by Gasteiger charge is 2.18. The minimum absolute atomic E-state index is 0.171. The van der Waals surface area contributed by atoms with E-state index >= 15 is 0 Å². The lowest BCUT2D eigenvalue weighted by Crippen LogP contribution is -2.12. The number of fused-ring (bicyclic) bond motifs is 1. The van der Waals surface area contributed by atoms with Gasteiger partial charge in [0.15, 0.2) is 0 Å². The average molecular weight is 363 g/mol. The third kappa shape index (κ3) is 3.34. The molecule has 0 saturated carbocycles. The Balaban J connectivity index is 1.96.